The maximum Gasteiger partial charge on any atom is 0.328 e. The van der Waals surface area contributed by atoms with E-state index in [2.05, 4.69) is 0 Å². The quantitative estimate of drug-likeness (QED) is 0.538. The van der Waals surface area contributed by atoms with Gasteiger partial charge in [-0.3, -0.25) is 0 Å². The Kier molecular flexibility index (Phi) is 10.6. The van der Waals surface area contributed by atoms with Crippen LogP contribution in [-0.4, -0.2) is 11.1 Å². The summed E-state index contributed by atoms with van der Waals surface area (Å²) in [6.45, 7) is 1.83. The standard InChI is InChI=1S/C6H8O2.Y/c1-2-3-4-5-6(7)8;/h2-5H,1H3,(H,7,8);/b3-2+,5-4+;. The van der Waals surface area contributed by atoms with E-state index in [0.29, 0.717) is 0 Å². The first kappa shape index (κ1) is 11.8. The monoisotopic (exact) mass is 201 g/mol. The normalized spacial score (nSPS) is 9.89. The van der Waals surface area contributed by atoms with E-state index in [0.717, 1.165) is 6.08 Å². The summed E-state index contributed by atoms with van der Waals surface area (Å²) < 4.78 is 0. The molecule has 3 heteroatoms. The Morgan fingerprint density at radius 2 is 2.00 bits per heavy atom. The van der Waals surface area contributed by atoms with Gasteiger partial charge in [-0.1, -0.05) is 18.2 Å². The summed E-state index contributed by atoms with van der Waals surface area (Å²) in [7, 11) is 0. The summed E-state index contributed by atoms with van der Waals surface area (Å²) in [5.41, 5.74) is 0. The van der Waals surface area contributed by atoms with E-state index in [4.69, 9.17) is 5.11 Å². The number of carboxylic acid groups (broad SMARTS) is 1. The Morgan fingerprint density at radius 3 is 2.33 bits per heavy atom. The molecule has 0 atom stereocenters. The molecule has 0 aromatic carbocycles. The zero-order chi connectivity index (χ0) is 6.41. The zero-order valence-electron chi connectivity index (χ0n) is 5.24. The maximum absolute atomic E-state index is 9.75. The molecule has 0 saturated carbocycles. The van der Waals surface area contributed by atoms with Crippen molar-refractivity contribution in [3.05, 3.63) is 24.3 Å². The van der Waals surface area contributed by atoms with Gasteiger partial charge in [-0.15, -0.1) is 0 Å². The summed E-state index contributed by atoms with van der Waals surface area (Å²) in [4.78, 5) is 9.75. The van der Waals surface area contributed by atoms with Gasteiger partial charge in [0.15, 0.2) is 0 Å². The van der Waals surface area contributed by atoms with Gasteiger partial charge < -0.3 is 5.11 Å². The second-order valence-electron chi connectivity index (χ2n) is 1.22. The van der Waals surface area contributed by atoms with E-state index in [9.17, 15) is 4.79 Å². The van der Waals surface area contributed by atoms with Gasteiger partial charge in [0.1, 0.15) is 0 Å². The van der Waals surface area contributed by atoms with Crippen molar-refractivity contribution >= 4 is 5.97 Å². The summed E-state index contributed by atoms with van der Waals surface area (Å²) >= 11 is 0. The third-order valence-corrected chi connectivity index (χ3v) is 0.542. The predicted molar refractivity (Wildman–Crippen MR) is 31.6 cm³/mol. The first-order valence-electron chi connectivity index (χ1n) is 2.29. The van der Waals surface area contributed by atoms with Crippen molar-refractivity contribution in [3.63, 3.8) is 0 Å². The Morgan fingerprint density at radius 1 is 1.44 bits per heavy atom. The zero-order valence-corrected chi connectivity index (χ0v) is 8.08. The molecule has 0 aliphatic carbocycles. The number of carbonyl (C=O) groups is 1. The van der Waals surface area contributed by atoms with Gasteiger partial charge in [0, 0.05) is 38.8 Å². The van der Waals surface area contributed by atoms with Crippen LogP contribution < -0.4 is 0 Å². The number of carboxylic acids is 1. The van der Waals surface area contributed by atoms with Gasteiger partial charge in [0.05, 0.1) is 0 Å². The Hall–Kier alpha value is 0.0539. The van der Waals surface area contributed by atoms with Crippen molar-refractivity contribution in [3.8, 4) is 0 Å². The molecule has 0 aromatic rings. The number of aliphatic carboxylic acids is 1. The van der Waals surface area contributed by atoms with E-state index in [1.165, 1.54) is 6.08 Å². The molecular weight excluding hydrogens is 193 g/mol. The number of hydrogen-bond acceptors (Lipinski definition) is 1. The topological polar surface area (TPSA) is 37.3 Å². The molecule has 0 bridgehead atoms. The molecule has 0 spiro atoms. The number of rotatable bonds is 2. The van der Waals surface area contributed by atoms with Gasteiger partial charge in [0.25, 0.3) is 0 Å². The van der Waals surface area contributed by atoms with Crippen LogP contribution in [0.3, 0.4) is 0 Å². The molecule has 9 heavy (non-hydrogen) atoms. The van der Waals surface area contributed by atoms with Crippen molar-refractivity contribution in [2.75, 3.05) is 0 Å². The van der Waals surface area contributed by atoms with Crippen LogP contribution in [0.2, 0.25) is 0 Å². The van der Waals surface area contributed by atoms with Crippen LogP contribution in [0.4, 0.5) is 0 Å². The summed E-state index contributed by atoms with van der Waals surface area (Å²) in [5.74, 6) is -0.914. The summed E-state index contributed by atoms with van der Waals surface area (Å²) in [6, 6.07) is 0. The van der Waals surface area contributed by atoms with E-state index in [-0.39, 0.29) is 32.7 Å². The molecule has 0 aliphatic rings. The van der Waals surface area contributed by atoms with Crippen LogP contribution in [-0.2, 0) is 37.5 Å². The second kappa shape index (κ2) is 8.05. The SMILES string of the molecule is C/C=C/C=C/C(=O)O.[Y]. The molecule has 0 aromatic heterocycles. The van der Waals surface area contributed by atoms with Crippen LogP contribution >= 0.6 is 0 Å². The van der Waals surface area contributed by atoms with Crippen molar-refractivity contribution in [1.29, 1.82) is 0 Å². The summed E-state index contributed by atoms with van der Waals surface area (Å²) in [6.07, 6.45) is 5.98. The van der Waals surface area contributed by atoms with E-state index in [1.54, 1.807) is 12.2 Å². The first-order chi connectivity index (χ1) is 3.77. The molecule has 0 heterocycles. The van der Waals surface area contributed by atoms with Gasteiger partial charge >= 0.3 is 5.97 Å². The molecule has 47 valence electrons. The Bertz CT molecular complexity index is 127. The maximum atomic E-state index is 9.75. The fourth-order valence-corrected chi connectivity index (χ4v) is 0.249. The van der Waals surface area contributed by atoms with Gasteiger partial charge in [-0.2, -0.15) is 0 Å². The molecule has 0 saturated heterocycles. The molecule has 1 radical (unpaired) electrons. The van der Waals surface area contributed by atoms with E-state index < -0.39 is 5.97 Å². The van der Waals surface area contributed by atoms with Crippen LogP contribution in [0.25, 0.3) is 0 Å². The first-order valence-corrected chi connectivity index (χ1v) is 2.29. The van der Waals surface area contributed by atoms with Crippen molar-refractivity contribution in [2.45, 2.75) is 6.92 Å². The van der Waals surface area contributed by atoms with Crippen molar-refractivity contribution in [2.24, 2.45) is 0 Å². The third kappa shape index (κ3) is 11.6. The second-order valence-corrected chi connectivity index (χ2v) is 1.22. The third-order valence-electron chi connectivity index (χ3n) is 0.542. The molecule has 0 rings (SSSR count). The number of allylic oxidation sites excluding steroid dienone is 3. The largest absolute Gasteiger partial charge is 0.478 e. The smallest absolute Gasteiger partial charge is 0.328 e. The van der Waals surface area contributed by atoms with E-state index in [1.807, 2.05) is 6.92 Å². The molecule has 0 amide bonds. The number of hydrogen-bond donors (Lipinski definition) is 1. The van der Waals surface area contributed by atoms with Gasteiger partial charge in [0.2, 0.25) is 0 Å². The molecule has 0 fully saturated rings. The van der Waals surface area contributed by atoms with Crippen LogP contribution in [0.5, 0.6) is 0 Å². The molecule has 0 unspecified atom stereocenters. The minimum atomic E-state index is -0.914. The summed E-state index contributed by atoms with van der Waals surface area (Å²) in [5, 5.41) is 8.02. The van der Waals surface area contributed by atoms with E-state index >= 15 is 0 Å². The van der Waals surface area contributed by atoms with Crippen LogP contribution in [0.15, 0.2) is 24.3 Å². The fraction of sp³-hybridized carbons (Fsp3) is 0.167. The van der Waals surface area contributed by atoms with Crippen molar-refractivity contribution < 1.29 is 42.6 Å². The minimum absolute atomic E-state index is 0. The van der Waals surface area contributed by atoms with Crippen molar-refractivity contribution in [1.82, 2.24) is 0 Å². The fourth-order valence-electron chi connectivity index (χ4n) is 0.249. The average molecular weight is 201 g/mol. The molecular formula is C6H8O2Y. The average Bonchev–Trinajstić information content (AvgIpc) is 1.66. The Balaban J connectivity index is 0. The molecule has 0 aliphatic heterocycles. The Labute approximate surface area is 79.5 Å². The van der Waals surface area contributed by atoms with Crippen LogP contribution in [0, 0.1) is 0 Å². The van der Waals surface area contributed by atoms with Gasteiger partial charge in [-0.05, 0) is 6.92 Å². The predicted octanol–water partition coefficient (Wildman–Crippen LogP) is 1.20. The molecule has 2 nitrogen and oxygen atoms in total. The minimum Gasteiger partial charge on any atom is -0.478 e. The van der Waals surface area contributed by atoms with Gasteiger partial charge in [-0.25, -0.2) is 4.79 Å². The molecule has 1 N–H and O–H groups in total. The van der Waals surface area contributed by atoms with Crippen LogP contribution in [0.1, 0.15) is 6.92 Å².